The highest BCUT2D eigenvalue weighted by Gasteiger charge is 2.31. The second-order valence-electron chi connectivity index (χ2n) is 6.47. The lowest BCUT2D eigenvalue weighted by Crippen LogP contribution is -2.40. The van der Waals surface area contributed by atoms with Crippen LogP contribution in [0.3, 0.4) is 0 Å². The predicted octanol–water partition coefficient (Wildman–Crippen LogP) is 3.91. The zero-order chi connectivity index (χ0) is 17.2. The quantitative estimate of drug-likeness (QED) is 0.813. The number of aromatic nitrogens is 1. The van der Waals surface area contributed by atoms with Crippen LogP contribution < -0.4 is 0 Å². The van der Waals surface area contributed by atoms with E-state index in [2.05, 4.69) is 6.07 Å². The highest BCUT2D eigenvalue weighted by atomic mass is 32.2. The first-order valence-electron chi connectivity index (χ1n) is 8.79. The summed E-state index contributed by atoms with van der Waals surface area (Å²) >= 11 is 3.04. The molecule has 2 aromatic rings. The zero-order valence-electron chi connectivity index (χ0n) is 14.0. The van der Waals surface area contributed by atoms with Crippen LogP contribution in [0.1, 0.15) is 36.7 Å². The third-order valence-electron chi connectivity index (χ3n) is 4.86. The van der Waals surface area contributed by atoms with Crippen LogP contribution in [0.5, 0.6) is 0 Å². The summed E-state index contributed by atoms with van der Waals surface area (Å²) in [5.41, 5.74) is 1.01. The van der Waals surface area contributed by atoms with E-state index in [4.69, 9.17) is 4.98 Å². The van der Waals surface area contributed by atoms with Gasteiger partial charge in [0.25, 0.3) is 5.24 Å². The van der Waals surface area contributed by atoms with Crippen LogP contribution in [-0.4, -0.2) is 51.3 Å². The van der Waals surface area contributed by atoms with E-state index in [0.29, 0.717) is 13.0 Å². The molecule has 0 radical (unpaired) electrons. The highest BCUT2D eigenvalue weighted by molar-refractivity contribution is 8.13. The summed E-state index contributed by atoms with van der Waals surface area (Å²) in [6.07, 6.45) is 3.56. The number of amides is 2. The fraction of sp³-hybridized carbons (Fsp3) is 0.500. The van der Waals surface area contributed by atoms with E-state index in [1.54, 1.807) is 16.2 Å². The van der Waals surface area contributed by atoms with Crippen molar-refractivity contribution in [3.63, 3.8) is 0 Å². The Balaban J connectivity index is 1.48. The molecule has 132 valence electrons. The molecule has 3 heterocycles. The van der Waals surface area contributed by atoms with Gasteiger partial charge in [-0.3, -0.25) is 9.59 Å². The zero-order valence-corrected chi connectivity index (χ0v) is 15.7. The van der Waals surface area contributed by atoms with Gasteiger partial charge in [0.15, 0.2) is 0 Å². The van der Waals surface area contributed by atoms with Crippen LogP contribution in [-0.2, 0) is 4.79 Å². The van der Waals surface area contributed by atoms with E-state index < -0.39 is 0 Å². The number of thioether (sulfide) groups is 1. The molecule has 2 saturated heterocycles. The van der Waals surface area contributed by atoms with Gasteiger partial charge in [-0.25, -0.2) is 4.98 Å². The minimum Gasteiger partial charge on any atom is -0.333 e. The van der Waals surface area contributed by atoms with E-state index in [0.717, 1.165) is 48.6 Å². The van der Waals surface area contributed by atoms with Gasteiger partial charge >= 0.3 is 0 Å². The van der Waals surface area contributed by atoms with Crippen molar-refractivity contribution >= 4 is 44.5 Å². The normalized spacial score (nSPS) is 21.3. The summed E-state index contributed by atoms with van der Waals surface area (Å²) in [6.45, 7) is 2.09. The molecule has 1 atom stereocenters. The average molecular weight is 376 g/mol. The smallest absolute Gasteiger partial charge is 0.281 e. The lowest BCUT2D eigenvalue weighted by molar-refractivity contribution is -0.135. The number of fused-ring (bicyclic) bond motifs is 1. The molecular formula is C18H21N3O2S2. The lowest BCUT2D eigenvalue weighted by Gasteiger charge is -2.35. The number of nitrogens with zero attached hydrogens (tertiary/aromatic N) is 3. The van der Waals surface area contributed by atoms with Gasteiger partial charge in [0.1, 0.15) is 5.01 Å². The molecule has 0 saturated carbocycles. The van der Waals surface area contributed by atoms with Crippen molar-refractivity contribution < 1.29 is 9.59 Å². The maximum absolute atomic E-state index is 12.8. The Kier molecular flexibility index (Phi) is 4.94. The molecule has 0 aliphatic carbocycles. The number of rotatable bonds is 4. The number of hydrogen-bond acceptors (Lipinski definition) is 5. The molecule has 4 rings (SSSR count). The predicted molar refractivity (Wildman–Crippen MR) is 102 cm³/mol. The maximum Gasteiger partial charge on any atom is 0.281 e. The van der Waals surface area contributed by atoms with Crippen molar-refractivity contribution in [2.45, 2.75) is 31.7 Å². The van der Waals surface area contributed by atoms with Crippen LogP contribution in [0.15, 0.2) is 24.3 Å². The minimum atomic E-state index is 0.0855. The van der Waals surface area contributed by atoms with Gasteiger partial charge in [0, 0.05) is 31.8 Å². The Hall–Kier alpha value is -1.60. The molecule has 25 heavy (non-hydrogen) atoms. The molecule has 5 nitrogen and oxygen atoms in total. The molecule has 2 fully saturated rings. The van der Waals surface area contributed by atoms with Crippen molar-refractivity contribution in [1.82, 2.24) is 14.8 Å². The third-order valence-corrected chi connectivity index (χ3v) is 6.89. The van der Waals surface area contributed by atoms with E-state index in [-0.39, 0.29) is 17.2 Å². The van der Waals surface area contributed by atoms with Crippen molar-refractivity contribution in [2.24, 2.45) is 0 Å². The molecule has 2 amide bonds. The summed E-state index contributed by atoms with van der Waals surface area (Å²) in [6, 6.07) is 8.23. The molecule has 2 aliphatic rings. The summed E-state index contributed by atoms with van der Waals surface area (Å²) in [4.78, 5) is 33.1. The standard InChI is InChI=1S/C18H21N3O2S2/c22-16(8-10-20-11-12-24-18(20)23)21-9-4-3-6-14(21)17-19-13-5-1-2-7-15(13)25-17/h1-2,5,7,14H,3-4,6,8-12H2. The first kappa shape index (κ1) is 16.8. The van der Waals surface area contributed by atoms with Crippen LogP contribution in [0.2, 0.25) is 0 Å². The molecular weight excluding hydrogens is 354 g/mol. The number of carbonyl (C=O) groups is 2. The van der Waals surface area contributed by atoms with Crippen molar-refractivity contribution in [2.75, 3.05) is 25.4 Å². The molecule has 0 N–H and O–H groups in total. The Morgan fingerprint density at radius 1 is 1.24 bits per heavy atom. The first-order valence-corrected chi connectivity index (χ1v) is 10.6. The van der Waals surface area contributed by atoms with Crippen LogP contribution >= 0.6 is 23.1 Å². The molecule has 7 heteroatoms. The van der Waals surface area contributed by atoms with Gasteiger partial charge in [-0.2, -0.15) is 0 Å². The molecule has 0 spiro atoms. The third kappa shape index (κ3) is 3.53. The molecule has 1 aromatic carbocycles. The Bertz CT molecular complexity index is 758. The van der Waals surface area contributed by atoms with E-state index in [9.17, 15) is 9.59 Å². The Morgan fingerprint density at radius 3 is 2.92 bits per heavy atom. The first-order chi connectivity index (χ1) is 12.2. The van der Waals surface area contributed by atoms with E-state index in [1.807, 2.05) is 23.1 Å². The van der Waals surface area contributed by atoms with E-state index in [1.165, 1.54) is 16.5 Å². The summed E-state index contributed by atoms with van der Waals surface area (Å²) in [7, 11) is 0. The second-order valence-corrected chi connectivity index (χ2v) is 8.58. The van der Waals surface area contributed by atoms with Gasteiger partial charge in [-0.05, 0) is 31.4 Å². The topological polar surface area (TPSA) is 53.5 Å². The summed E-state index contributed by atoms with van der Waals surface area (Å²) in [5.74, 6) is 0.985. The Morgan fingerprint density at radius 2 is 2.12 bits per heavy atom. The molecule has 2 aliphatic heterocycles. The van der Waals surface area contributed by atoms with Crippen molar-refractivity contribution in [3.05, 3.63) is 29.3 Å². The number of likely N-dealkylation sites (tertiary alicyclic amines) is 1. The van der Waals surface area contributed by atoms with Gasteiger partial charge in [0.05, 0.1) is 16.3 Å². The lowest BCUT2D eigenvalue weighted by atomic mass is 10.0. The average Bonchev–Trinajstić information content (AvgIpc) is 3.25. The summed E-state index contributed by atoms with van der Waals surface area (Å²) < 4.78 is 1.18. The van der Waals surface area contributed by atoms with Crippen molar-refractivity contribution in [1.29, 1.82) is 0 Å². The number of thiazole rings is 1. The van der Waals surface area contributed by atoms with Crippen LogP contribution in [0.25, 0.3) is 10.2 Å². The van der Waals surface area contributed by atoms with Gasteiger partial charge in [0.2, 0.25) is 5.91 Å². The Labute approximate surface area is 155 Å². The van der Waals surface area contributed by atoms with Crippen molar-refractivity contribution in [3.8, 4) is 0 Å². The molecule has 1 aromatic heterocycles. The second kappa shape index (κ2) is 7.33. The monoisotopic (exact) mass is 375 g/mol. The van der Waals surface area contributed by atoms with Gasteiger partial charge in [-0.1, -0.05) is 23.9 Å². The van der Waals surface area contributed by atoms with Gasteiger partial charge < -0.3 is 9.80 Å². The molecule has 1 unspecified atom stereocenters. The minimum absolute atomic E-state index is 0.0855. The van der Waals surface area contributed by atoms with Crippen LogP contribution in [0.4, 0.5) is 4.79 Å². The molecule has 0 bridgehead atoms. The van der Waals surface area contributed by atoms with Crippen LogP contribution in [0, 0.1) is 0 Å². The highest BCUT2D eigenvalue weighted by Crippen LogP contribution is 2.36. The fourth-order valence-corrected chi connectivity index (χ4v) is 5.49. The van der Waals surface area contributed by atoms with E-state index >= 15 is 0 Å². The number of para-hydroxylation sites is 1. The number of carbonyl (C=O) groups excluding carboxylic acids is 2. The SMILES string of the molecule is O=C1SCCN1CCC(=O)N1CCCCC1c1nc2ccccc2s1. The number of benzene rings is 1. The largest absolute Gasteiger partial charge is 0.333 e. The number of hydrogen-bond donors (Lipinski definition) is 0. The summed E-state index contributed by atoms with van der Waals surface area (Å²) in [5, 5.41) is 1.15. The van der Waals surface area contributed by atoms with Gasteiger partial charge in [-0.15, -0.1) is 11.3 Å². The fourth-order valence-electron chi connectivity index (χ4n) is 3.52. The maximum atomic E-state index is 12.8. The number of piperidine rings is 1.